The Balaban J connectivity index is 1.78. The monoisotopic (exact) mass is 416 g/mol. The molecule has 28 heavy (non-hydrogen) atoms. The first kappa shape index (κ1) is 19.3. The normalized spacial score (nSPS) is 28.2. The van der Waals surface area contributed by atoms with Gasteiger partial charge < -0.3 is 5.73 Å². The van der Waals surface area contributed by atoms with Crippen molar-refractivity contribution < 1.29 is 8.42 Å². The van der Waals surface area contributed by atoms with E-state index in [1.165, 1.54) is 16.9 Å². The molecular formula is C20H24N4O2S2. The lowest BCUT2D eigenvalue weighted by molar-refractivity contribution is 0.498. The molecule has 0 saturated carbocycles. The molecule has 2 aromatic rings. The van der Waals surface area contributed by atoms with Gasteiger partial charge in [-0.3, -0.25) is 9.98 Å². The number of hydrogen-bond donors (Lipinski definition) is 1. The van der Waals surface area contributed by atoms with Crippen LogP contribution in [0.2, 0.25) is 0 Å². The second-order valence-corrected chi connectivity index (χ2v) is 11.9. The van der Waals surface area contributed by atoms with Gasteiger partial charge in [0.2, 0.25) is 0 Å². The van der Waals surface area contributed by atoms with Gasteiger partial charge in [0, 0.05) is 12.4 Å². The second kappa shape index (κ2) is 6.22. The summed E-state index contributed by atoms with van der Waals surface area (Å²) in [5, 5.41) is 0.704. The van der Waals surface area contributed by atoms with Crippen LogP contribution in [-0.4, -0.2) is 34.7 Å². The van der Waals surface area contributed by atoms with E-state index in [0.29, 0.717) is 10.9 Å². The minimum Gasteiger partial charge on any atom is -0.386 e. The first-order valence-electron chi connectivity index (χ1n) is 9.24. The van der Waals surface area contributed by atoms with E-state index in [9.17, 15) is 8.42 Å². The Morgan fingerprint density at radius 3 is 2.68 bits per heavy atom. The zero-order valence-electron chi connectivity index (χ0n) is 16.4. The molecule has 1 aliphatic carbocycles. The Bertz CT molecular complexity index is 1100. The van der Waals surface area contributed by atoms with E-state index in [2.05, 4.69) is 29.0 Å². The summed E-state index contributed by atoms with van der Waals surface area (Å²) in [7, 11) is -3.44. The van der Waals surface area contributed by atoms with Crippen molar-refractivity contribution in [2.75, 3.05) is 5.75 Å². The summed E-state index contributed by atoms with van der Waals surface area (Å²) in [6.45, 7) is 7.20. The van der Waals surface area contributed by atoms with Gasteiger partial charge in [0.25, 0.3) is 0 Å². The lowest BCUT2D eigenvalue weighted by Gasteiger charge is -2.36. The fourth-order valence-corrected chi connectivity index (χ4v) is 6.58. The molecule has 0 bridgehead atoms. The third-order valence-electron chi connectivity index (χ3n) is 5.73. The minimum absolute atomic E-state index is 0.0885. The van der Waals surface area contributed by atoms with Gasteiger partial charge in [-0.15, -0.1) is 11.3 Å². The third kappa shape index (κ3) is 2.90. The molecule has 0 amide bonds. The van der Waals surface area contributed by atoms with Gasteiger partial charge in [-0.2, -0.15) is 0 Å². The van der Waals surface area contributed by atoms with Crippen LogP contribution in [0, 0.1) is 5.92 Å². The molecule has 2 N–H and O–H groups in total. The van der Waals surface area contributed by atoms with Crippen LogP contribution >= 0.6 is 11.3 Å². The van der Waals surface area contributed by atoms with Crippen LogP contribution < -0.4 is 5.73 Å². The van der Waals surface area contributed by atoms with Crippen LogP contribution in [0.4, 0.5) is 0 Å². The topological polar surface area (TPSA) is 98.3 Å². The SMILES string of the molecule is CC1Cc2nc([C@]3(C)CS(=O)(=O)C(C)(C)C(N)=N3)sc2C=C1c1cccnc1. The van der Waals surface area contributed by atoms with Crippen LogP contribution in [-0.2, 0) is 21.8 Å². The molecule has 2 aromatic heterocycles. The zero-order chi connectivity index (χ0) is 20.3. The third-order valence-corrected chi connectivity index (χ3v) is 9.74. The first-order chi connectivity index (χ1) is 13.0. The molecule has 2 aliphatic rings. The molecule has 0 aromatic carbocycles. The van der Waals surface area contributed by atoms with E-state index in [4.69, 9.17) is 10.7 Å². The number of allylic oxidation sites excluding steroid dienone is 1. The maximum Gasteiger partial charge on any atom is 0.165 e. The highest BCUT2D eigenvalue weighted by Gasteiger charge is 2.50. The average Bonchev–Trinajstić information content (AvgIpc) is 3.03. The Kier molecular flexibility index (Phi) is 4.28. The van der Waals surface area contributed by atoms with Gasteiger partial charge in [-0.1, -0.05) is 13.0 Å². The van der Waals surface area contributed by atoms with Crippen molar-refractivity contribution in [1.29, 1.82) is 0 Å². The fourth-order valence-electron chi connectivity index (χ4n) is 3.69. The molecule has 6 nitrogen and oxygen atoms in total. The number of pyridine rings is 1. The predicted molar refractivity (Wildman–Crippen MR) is 114 cm³/mol. The highest BCUT2D eigenvalue weighted by molar-refractivity contribution is 7.93. The van der Waals surface area contributed by atoms with Crippen LogP contribution in [0.3, 0.4) is 0 Å². The quantitative estimate of drug-likeness (QED) is 0.811. The van der Waals surface area contributed by atoms with Crippen LogP contribution in [0.1, 0.15) is 48.8 Å². The molecule has 8 heteroatoms. The average molecular weight is 417 g/mol. The van der Waals surface area contributed by atoms with Gasteiger partial charge in [0.15, 0.2) is 9.84 Å². The molecule has 0 radical (unpaired) electrons. The van der Waals surface area contributed by atoms with Crippen LogP contribution in [0.5, 0.6) is 0 Å². The lowest BCUT2D eigenvalue weighted by atomic mass is 9.86. The Labute approximate surface area is 169 Å². The molecular weight excluding hydrogens is 392 g/mol. The number of nitrogens with two attached hydrogens (primary N) is 1. The summed E-state index contributed by atoms with van der Waals surface area (Å²) < 4.78 is 24.5. The summed E-state index contributed by atoms with van der Waals surface area (Å²) in [5.41, 5.74) is 8.44. The molecule has 4 rings (SSSR count). The summed E-state index contributed by atoms with van der Waals surface area (Å²) in [6.07, 6.45) is 6.60. The van der Waals surface area contributed by atoms with E-state index in [-0.39, 0.29) is 11.6 Å². The Hall–Kier alpha value is -2.06. The zero-order valence-corrected chi connectivity index (χ0v) is 18.1. The molecule has 1 aliphatic heterocycles. The second-order valence-electron chi connectivity index (χ2n) is 8.32. The number of rotatable bonds is 2. The number of sulfone groups is 1. The molecule has 148 valence electrons. The molecule has 0 saturated heterocycles. The molecule has 0 spiro atoms. The molecule has 2 atom stereocenters. The van der Waals surface area contributed by atoms with Gasteiger partial charge in [-0.05, 0) is 56.4 Å². The Morgan fingerprint density at radius 1 is 1.29 bits per heavy atom. The van der Waals surface area contributed by atoms with Gasteiger partial charge >= 0.3 is 0 Å². The van der Waals surface area contributed by atoms with E-state index < -0.39 is 20.1 Å². The molecule has 1 unspecified atom stereocenters. The number of amidine groups is 1. The standard InChI is InChI=1S/C20H24N4O2S2/c1-12-8-15-16(9-14(12)13-6-5-7-22-10-13)27-18(23-15)20(4)11-28(25,26)19(2,3)17(21)24-20/h5-7,9-10,12H,8,11H2,1-4H3,(H2,21,24)/t12?,20-/m0/s1. The highest BCUT2D eigenvalue weighted by Crippen LogP contribution is 2.42. The Morgan fingerprint density at radius 2 is 2.04 bits per heavy atom. The number of hydrogen-bond acceptors (Lipinski definition) is 7. The van der Waals surface area contributed by atoms with Crippen molar-refractivity contribution in [2.24, 2.45) is 16.6 Å². The van der Waals surface area contributed by atoms with Crippen molar-refractivity contribution in [3.8, 4) is 0 Å². The maximum absolute atomic E-state index is 12.8. The maximum atomic E-state index is 12.8. The number of aromatic nitrogens is 2. The minimum atomic E-state index is -3.44. The van der Waals surface area contributed by atoms with Crippen LogP contribution in [0.25, 0.3) is 11.6 Å². The summed E-state index contributed by atoms with van der Waals surface area (Å²) >= 11 is 1.51. The number of thiazole rings is 1. The number of nitrogens with zero attached hydrogens (tertiary/aromatic N) is 3. The van der Waals surface area contributed by atoms with E-state index >= 15 is 0 Å². The first-order valence-corrected chi connectivity index (χ1v) is 11.7. The van der Waals surface area contributed by atoms with Gasteiger partial charge in [0.05, 0.1) is 16.3 Å². The lowest BCUT2D eigenvalue weighted by Crippen LogP contribution is -2.54. The summed E-state index contributed by atoms with van der Waals surface area (Å²) in [4.78, 5) is 14.7. The molecule has 0 fully saturated rings. The van der Waals surface area contributed by atoms with Crippen molar-refractivity contribution in [1.82, 2.24) is 9.97 Å². The van der Waals surface area contributed by atoms with Crippen molar-refractivity contribution in [3.63, 3.8) is 0 Å². The largest absolute Gasteiger partial charge is 0.386 e. The fraction of sp³-hybridized carbons (Fsp3) is 0.450. The van der Waals surface area contributed by atoms with Crippen molar-refractivity contribution >= 4 is 38.7 Å². The number of aliphatic imine (C=N–C) groups is 1. The van der Waals surface area contributed by atoms with E-state index in [1.807, 2.05) is 19.2 Å². The van der Waals surface area contributed by atoms with Gasteiger partial charge in [0.1, 0.15) is 21.1 Å². The van der Waals surface area contributed by atoms with Crippen molar-refractivity contribution in [2.45, 2.75) is 44.4 Å². The number of fused-ring (bicyclic) bond motifs is 1. The van der Waals surface area contributed by atoms with E-state index in [1.54, 1.807) is 20.0 Å². The highest BCUT2D eigenvalue weighted by atomic mass is 32.2. The summed E-state index contributed by atoms with van der Waals surface area (Å²) in [6, 6.07) is 3.99. The molecule has 3 heterocycles. The van der Waals surface area contributed by atoms with Gasteiger partial charge in [-0.25, -0.2) is 13.4 Å². The van der Waals surface area contributed by atoms with E-state index in [0.717, 1.165) is 22.6 Å². The smallest absolute Gasteiger partial charge is 0.165 e. The summed E-state index contributed by atoms with van der Waals surface area (Å²) in [5.74, 6) is 0.367. The predicted octanol–water partition coefficient (Wildman–Crippen LogP) is 3.05. The van der Waals surface area contributed by atoms with Crippen LogP contribution in [0.15, 0.2) is 29.5 Å². The van der Waals surface area contributed by atoms with Crippen molar-refractivity contribution in [3.05, 3.63) is 45.7 Å².